The summed E-state index contributed by atoms with van der Waals surface area (Å²) in [6.45, 7) is 4.96. The number of nitro benzene ring substituents is 1. The van der Waals surface area contributed by atoms with E-state index in [9.17, 15) is 10.1 Å². The minimum absolute atomic E-state index is 0.0920. The first kappa shape index (κ1) is 11.9. The highest BCUT2D eigenvalue weighted by Gasteiger charge is 2.08. The van der Waals surface area contributed by atoms with Gasteiger partial charge in [-0.25, -0.2) is 0 Å². The molecule has 15 heavy (non-hydrogen) atoms. The molecule has 0 heterocycles. The van der Waals surface area contributed by atoms with Crippen LogP contribution in [0.4, 0.5) is 5.69 Å². The van der Waals surface area contributed by atoms with Crippen LogP contribution in [-0.2, 0) is 6.54 Å². The van der Waals surface area contributed by atoms with Crippen molar-refractivity contribution >= 4 is 21.6 Å². The molecule has 0 aliphatic rings. The van der Waals surface area contributed by atoms with E-state index in [1.54, 1.807) is 12.1 Å². The lowest BCUT2D eigenvalue weighted by Gasteiger charge is -2.04. The van der Waals surface area contributed by atoms with Gasteiger partial charge >= 0.3 is 0 Å². The molecule has 0 bridgehead atoms. The van der Waals surface area contributed by atoms with Crippen molar-refractivity contribution in [2.75, 3.05) is 6.54 Å². The fraction of sp³-hybridized carbons (Fsp3) is 0.200. The molecule has 4 nitrogen and oxygen atoms in total. The van der Waals surface area contributed by atoms with Gasteiger partial charge in [-0.1, -0.05) is 22.0 Å². The van der Waals surface area contributed by atoms with Crippen LogP contribution in [0.3, 0.4) is 0 Å². The van der Waals surface area contributed by atoms with Crippen LogP contribution in [0.5, 0.6) is 0 Å². The summed E-state index contributed by atoms with van der Waals surface area (Å²) in [7, 11) is 0. The first-order valence-electron chi connectivity index (χ1n) is 4.39. The smallest absolute Gasteiger partial charge is 0.270 e. The Morgan fingerprint density at radius 2 is 2.33 bits per heavy atom. The Morgan fingerprint density at radius 3 is 2.87 bits per heavy atom. The summed E-state index contributed by atoms with van der Waals surface area (Å²) in [4.78, 5) is 10.1. The van der Waals surface area contributed by atoms with Gasteiger partial charge in [0.15, 0.2) is 0 Å². The SMILES string of the molecule is C=CCNCc1ccc([N+](=O)[O-])cc1Br. The molecule has 0 fully saturated rings. The molecule has 0 atom stereocenters. The van der Waals surface area contributed by atoms with Gasteiger partial charge in [0.05, 0.1) is 4.92 Å². The van der Waals surface area contributed by atoms with Crippen LogP contribution in [0.1, 0.15) is 5.56 Å². The van der Waals surface area contributed by atoms with Crippen molar-refractivity contribution in [3.63, 3.8) is 0 Å². The lowest BCUT2D eigenvalue weighted by Crippen LogP contribution is -2.12. The Morgan fingerprint density at radius 1 is 1.60 bits per heavy atom. The Bertz CT molecular complexity index is 380. The van der Waals surface area contributed by atoms with Crippen LogP contribution in [0.15, 0.2) is 35.3 Å². The molecule has 0 saturated carbocycles. The van der Waals surface area contributed by atoms with E-state index < -0.39 is 4.92 Å². The summed E-state index contributed by atoms with van der Waals surface area (Å²) in [6, 6.07) is 4.74. The Hall–Kier alpha value is -1.20. The average Bonchev–Trinajstić information content (AvgIpc) is 2.20. The van der Waals surface area contributed by atoms with E-state index in [2.05, 4.69) is 27.8 Å². The van der Waals surface area contributed by atoms with Gasteiger partial charge in [-0.15, -0.1) is 6.58 Å². The number of hydrogen-bond acceptors (Lipinski definition) is 3. The second-order valence-electron chi connectivity index (χ2n) is 2.95. The maximum Gasteiger partial charge on any atom is 0.270 e. The van der Waals surface area contributed by atoms with Crippen LogP contribution < -0.4 is 5.32 Å². The lowest BCUT2D eigenvalue weighted by atomic mass is 10.2. The number of non-ortho nitro benzene ring substituents is 1. The predicted octanol–water partition coefficient (Wildman–Crippen LogP) is 2.63. The second kappa shape index (κ2) is 5.63. The van der Waals surface area contributed by atoms with Gasteiger partial charge < -0.3 is 5.32 Å². The molecule has 1 aromatic rings. The molecule has 80 valence electrons. The first-order chi connectivity index (χ1) is 7.15. The van der Waals surface area contributed by atoms with Gasteiger partial charge in [-0.2, -0.15) is 0 Å². The summed E-state index contributed by atoms with van der Waals surface area (Å²) in [6.07, 6.45) is 1.76. The highest BCUT2D eigenvalue weighted by atomic mass is 79.9. The van der Waals surface area contributed by atoms with Crippen molar-refractivity contribution in [2.45, 2.75) is 6.54 Å². The number of rotatable bonds is 5. The molecule has 0 saturated heterocycles. The summed E-state index contributed by atoms with van der Waals surface area (Å²) in [5.74, 6) is 0. The minimum Gasteiger partial charge on any atom is -0.309 e. The molecule has 0 unspecified atom stereocenters. The van der Waals surface area contributed by atoms with E-state index in [4.69, 9.17) is 0 Å². The van der Waals surface area contributed by atoms with Crippen LogP contribution in [0, 0.1) is 10.1 Å². The summed E-state index contributed by atoms with van der Waals surface area (Å²) >= 11 is 3.30. The maximum atomic E-state index is 10.5. The summed E-state index contributed by atoms with van der Waals surface area (Å²) in [5.41, 5.74) is 1.08. The van der Waals surface area contributed by atoms with Crippen molar-refractivity contribution in [2.24, 2.45) is 0 Å². The standard InChI is InChI=1S/C10H11BrN2O2/c1-2-5-12-7-8-3-4-9(13(14)15)6-10(8)11/h2-4,6,12H,1,5,7H2. The highest BCUT2D eigenvalue weighted by Crippen LogP contribution is 2.22. The number of nitro groups is 1. The zero-order chi connectivity index (χ0) is 11.3. The summed E-state index contributed by atoms with van der Waals surface area (Å²) < 4.78 is 0.744. The van der Waals surface area contributed by atoms with Gasteiger partial charge in [0.2, 0.25) is 0 Å². The number of halogens is 1. The average molecular weight is 271 g/mol. The van der Waals surface area contributed by atoms with Crippen molar-refractivity contribution < 1.29 is 4.92 Å². The normalized spacial score (nSPS) is 9.93. The maximum absolute atomic E-state index is 10.5. The van der Waals surface area contributed by atoms with E-state index in [1.165, 1.54) is 12.1 Å². The number of nitrogens with zero attached hydrogens (tertiary/aromatic N) is 1. The quantitative estimate of drug-likeness (QED) is 0.387. The molecule has 1 aromatic carbocycles. The summed E-state index contributed by atoms with van der Waals surface area (Å²) in [5, 5.41) is 13.6. The molecule has 0 amide bonds. The second-order valence-corrected chi connectivity index (χ2v) is 3.81. The van der Waals surface area contributed by atoms with Gasteiger partial charge in [-0.3, -0.25) is 10.1 Å². The molecule has 0 spiro atoms. The zero-order valence-electron chi connectivity index (χ0n) is 8.07. The molecule has 0 radical (unpaired) electrons. The van der Waals surface area contributed by atoms with Crippen LogP contribution in [0.2, 0.25) is 0 Å². The van der Waals surface area contributed by atoms with E-state index in [-0.39, 0.29) is 5.69 Å². The van der Waals surface area contributed by atoms with Gasteiger partial charge in [0.25, 0.3) is 5.69 Å². The Labute approximate surface area is 96.3 Å². The van der Waals surface area contributed by atoms with Crippen molar-refractivity contribution in [1.29, 1.82) is 0 Å². The molecule has 0 aliphatic carbocycles. The Balaban J connectivity index is 2.74. The first-order valence-corrected chi connectivity index (χ1v) is 5.19. The monoisotopic (exact) mass is 270 g/mol. The van der Waals surface area contributed by atoms with E-state index in [0.717, 1.165) is 10.0 Å². The number of benzene rings is 1. The highest BCUT2D eigenvalue weighted by molar-refractivity contribution is 9.10. The fourth-order valence-electron chi connectivity index (χ4n) is 1.10. The molecule has 5 heteroatoms. The topological polar surface area (TPSA) is 55.2 Å². The van der Waals surface area contributed by atoms with Crippen molar-refractivity contribution in [1.82, 2.24) is 5.32 Å². The third-order valence-electron chi connectivity index (χ3n) is 1.85. The van der Waals surface area contributed by atoms with Gasteiger partial charge in [0, 0.05) is 29.7 Å². The molecule has 0 aliphatic heterocycles. The lowest BCUT2D eigenvalue weighted by molar-refractivity contribution is -0.384. The van der Waals surface area contributed by atoms with E-state index in [1.807, 2.05) is 0 Å². The molecular formula is C10H11BrN2O2. The predicted molar refractivity (Wildman–Crippen MR) is 62.7 cm³/mol. The molecule has 0 aromatic heterocycles. The van der Waals surface area contributed by atoms with Gasteiger partial charge in [-0.05, 0) is 11.6 Å². The van der Waals surface area contributed by atoms with E-state index >= 15 is 0 Å². The largest absolute Gasteiger partial charge is 0.309 e. The number of nitrogens with one attached hydrogen (secondary N) is 1. The number of hydrogen-bond donors (Lipinski definition) is 1. The third-order valence-corrected chi connectivity index (χ3v) is 2.59. The third kappa shape index (κ3) is 3.45. The zero-order valence-corrected chi connectivity index (χ0v) is 9.66. The minimum atomic E-state index is -0.411. The van der Waals surface area contributed by atoms with Crippen molar-refractivity contribution in [3.05, 3.63) is 51.0 Å². The van der Waals surface area contributed by atoms with Crippen LogP contribution in [-0.4, -0.2) is 11.5 Å². The molecule has 1 rings (SSSR count). The van der Waals surface area contributed by atoms with Crippen LogP contribution >= 0.6 is 15.9 Å². The molecule has 1 N–H and O–H groups in total. The Kier molecular flexibility index (Phi) is 4.45. The van der Waals surface area contributed by atoms with E-state index in [0.29, 0.717) is 13.1 Å². The van der Waals surface area contributed by atoms with Gasteiger partial charge in [0.1, 0.15) is 0 Å². The van der Waals surface area contributed by atoms with Crippen molar-refractivity contribution in [3.8, 4) is 0 Å². The molecular weight excluding hydrogens is 260 g/mol. The van der Waals surface area contributed by atoms with Crippen LogP contribution in [0.25, 0.3) is 0 Å². The fourth-order valence-corrected chi connectivity index (χ4v) is 1.61.